The maximum atomic E-state index is 9.73. The van der Waals surface area contributed by atoms with E-state index in [0.29, 0.717) is 0 Å². The van der Waals surface area contributed by atoms with Crippen molar-refractivity contribution in [3.05, 3.63) is 47.5 Å². The van der Waals surface area contributed by atoms with Crippen LogP contribution in [0.5, 0.6) is 23.0 Å². The van der Waals surface area contributed by atoms with Crippen LogP contribution in [0.2, 0.25) is 0 Å². The molecule has 0 unspecified atom stereocenters. The highest BCUT2D eigenvalue weighted by atomic mass is 16.3. The molecule has 2 rings (SSSR count). The standard InChI is InChI=1S/C18H22O4/c1-3-13(11-5-7-15(19)17(21)9-11)14(4-2)12-6-8-16(20)18(22)10-12/h5-10,13-14,19-22H,3-4H2,1-2H3/t13-,14-/m0/s1. The Hall–Kier alpha value is -2.36. The molecule has 2 aromatic carbocycles. The molecule has 0 amide bonds. The molecule has 0 radical (unpaired) electrons. The first kappa shape index (κ1) is 16.0. The van der Waals surface area contributed by atoms with Gasteiger partial charge in [0.1, 0.15) is 0 Å². The first-order valence-electron chi connectivity index (χ1n) is 7.51. The molecule has 0 aromatic heterocycles. The Morgan fingerprint density at radius 3 is 1.27 bits per heavy atom. The van der Waals surface area contributed by atoms with Crippen LogP contribution in [-0.2, 0) is 0 Å². The van der Waals surface area contributed by atoms with Gasteiger partial charge in [-0.25, -0.2) is 0 Å². The molecule has 0 fully saturated rings. The second-order valence-corrected chi connectivity index (χ2v) is 5.53. The van der Waals surface area contributed by atoms with Crippen LogP contribution in [0.15, 0.2) is 36.4 Å². The number of rotatable bonds is 5. The van der Waals surface area contributed by atoms with E-state index in [-0.39, 0.29) is 34.8 Å². The van der Waals surface area contributed by atoms with E-state index in [9.17, 15) is 20.4 Å². The summed E-state index contributed by atoms with van der Waals surface area (Å²) >= 11 is 0. The van der Waals surface area contributed by atoms with Crippen molar-refractivity contribution in [2.45, 2.75) is 38.5 Å². The first-order chi connectivity index (χ1) is 10.5. The van der Waals surface area contributed by atoms with E-state index in [4.69, 9.17) is 0 Å². The predicted octanol–water partition coefficient (Wildman–Crippen LogP) is 4.20. The van der Waals surface area contributed by atoms with E-state index in [0.717, 1.165) is 24.0 Å². The van der Waals surface area contributed by atoms with E-state index in [1.54, 1.807) is 12.1 Å². The highest BCUT2D eigenvalue weighted by molar-refractivity contribution is 5.45. The van der Waals surface area contributed by atoms with E-state index in [2.05, 4.69) is 13.8 Å². The van der Waals surface area contributed by atoms with Gasteiger partial charge in [0, 0.05) is 0 Å². The van der Waals surface area contributed by atoms with Crippen molar-refractivity contribution in [2.24, 2.45) is 0 Å². The minimum atomic E-state index is -0.131. The summed E-state index contributed by atoms with van der Waals surface area (Å²) in [7, 11) is 0. The van der Waals surface area contributed by atoms with Gasteiger partial charge in [0.2, 0.25) is 0 Å². The topological polar surface area (TPSA) is 80.9 Å². The summed E-state index contributed by atoms with van der Waals surface area (Å²) in [6.45, 7) is 4.13. The van der Waals surface area contributed by atoms with Crippen LogP contribution in [0.25, 0.3) is 0 Å². The van der Waals surface area contributed by atoms with Crippen LogP contribution < -0.4 is 0 Å². The maximum absolute atomic E-state index is 9.73. The number of hydrogen-bond donors (Lipinski definition) is 4. The largest absolute Gasteiger partial charge is 0.504 e. The Labute approximate surface area is 130 Å². The Balaban J connectivity index is 2.41. The van der Waals surface area contributed by atoms with Gasteiger partial charge >= 0.3 is 0 Å². The third kappa shape index (κ3) is 3.11. The van der Waals surface area contributed by atoms with Crippen LogP contribution in [0, 0.1) is 0 Å². The van der Waals surface area contributed by atoms with Gasteiger partial charge in [0.05, 0.1) is 0 Å². The molecular weight excluding hydrogens is 280 g/mol. The van der Waals surface area contributed by atoms with E-state index >= 15 is 0 Å². The minimum absolute atomic E-state index is 0.126. The van der Waals surface area contributed by atoms with Gasteiger partial charge in [-0.1, -0.05) is 26.0 Å². The fourth-order valence-electron chi connectivity index (χ4n) is 3.05. The van der Waals surface area contributed by atoms with Gasteiger partial charge in [-0.05, 0) is 60.1 Å². The molecule has 118 valence electrons. The van der Waals surface area contributed by atoms with Crippen LogP contribution >= 0.6 is 0 Å². The van der Waals surface area contributed by atoms with Gasteiger partial charge in [-0.15, -0.1) is 0 Å². The molecular formula is C18H22O4. The average Bonchev–Trinajstić information content (AvgIpc) is 2.50. The van der Waals surface area contributed by atoms with Crippen molar-refractivity contribution in [1.82, 2.24) is 0 Å². The molecule has 0 saturated heterocycles. The van der Waals surface area contributed by atoms with Crippen LogP contribution in [0.1, 0.15) is 49.7 Å². The molecule has 0 aliphatic carbocycles. The fourth-order valence-corrected chi connectivity index (χ4v) is 3.05. The third-order valence-corrected chi connectivity index (χ3v) is 4.22. The van der Waals surface area contributed by atoms with Gasteiger partial charge in [-0.2, -0.15) is 0 Å². The number of phenolic OH excluding ortho intramolecular Hbond substituents is 4. The van der Waals surface area contributed by atoms with Crippen LogP contribution in [-0.4, -0.2) is 20.4 Å². The molecule has 4 nitrogen and oxygen atoms in total. The molecule has 0 saturated carbocycles. The van der Waals surface area contributed by atoms with E-state index < -0.39 is 0 Å². The zero-order valence-electron chi connectivity index (χ0n) is 12.8. The van der Waals surface area contributed by atoms with Crippen molar-refractivity contribution in [3.63, 3.8) is 0 Å². The summed E-state index contributed by atoms with van der Waals surface area (Å²) in [5.41, 5.74) is 1.88. The van der Waals surface area contributed by atoms with Gasteiger partial charge in [0.15, 0.2) is 23.0 Å². The van der Waals surface area contributed by atoms with Gasteiger partial charge in [0.25, 0.3) is 0 Å². The molecule has 0 heterocycles. The lowest BCUT2D eigenvalue weighted by Gasteiger charge is -2.26. The normalized spacial score (nSPS) is 13.7. The summed E-state index contributed by atoms with van der Waals surface area (Å²) < 4.78 is 0. The second kappa shape index (κ2) is 6.60. The quantitative estimate of drug-likeness (QED) is 0.624. The first-order valence-corrected chi connectivity index (χ1v) is 7.51. The summed E-state index contributed by atoms with van der Waals surface area (Å²) in [5, 5.41) is 38.4. The SMILES string of the molecule is CC[C@@H](c1ccc(O)c(O)c1)[C@@H](CC)c1ccc(O)c(O)c1. The predicted molar refractivity (Wildman–Crippen MR) is 85.6 cm³/mol. The summed E-state index contributed by atoms with van der Waals surface area (Å²) in [4.78, 5) is 0. The van der Waals surface area contributed by atoms with Crippen molar-refractivity contribution >= 4 is 0 Å². The molecule has 4 N–H and O–H groups in total. The van der Waals surface area contributed by atoms with Crippen molar-refractivity contribution in [3.8, 4) is 23.0 Å². The number of aromatic hydroxyl groups is 4. The Morgan fingerprint density at radius 1 is 0.636 bits per heavy atom. The number of benzene rings is 2. The Bertz CT molecular complexity index is 594. The molecule has 0 aliphatic rings. The average molecular weight is 302 g/mol. The summed E-state index contributed by atoms with van der Waals surface area (Å²) in [6.07, 6.45) is 1.70. The highest BCUT2D eigenvalue weighted by Gasteiger charge is 2.23. The minimum Gasteiger partial charge on any atom is -0.504 e. The van der Waals surface area contributed by atoms with Crippen LogP contribution in [0.4, 0.5) is 0 Å². The highest BCUT2D eigenvalue weighted by Crippen LogP contribution is 2.42. The number of hydrogen-bond acceptors (Lipinski definition) is 4. The molecule has 2 atom stereocenters. The maximum Gasteiger partial charge on any atom is 0.157 e. The molecule has 0 spiro atoms. The Morgan fingerprint density at radius 2 is 1.00 bits per heavy atom. The molecule has 0 bridgehead atoms. The van der Waals surface area contributed by atoms with Crippen LogP contribution in [0.3, 0.4) is 0 Å². The summed E-state index contributed by atoms with van der Waals surface area (Å²) in [6, 6.07) is 9.79. The molecule has 2 aromatic rings. The third-order valence-electron chi connectivity index (χ3n) is 4.22. The van der Waals surface area contributed by atoms with E-state index in [1.807, 2.05) is 12.1 Å². The number of phenols is 4. The lowest BCUT2D eigenvalue weighted by Crippen LogP contribution is -2.10. The smallest absolute Gasteiger partial charge is 0.157 e. The molecule has 22 heavy (non-hydrogen) atoms. The zero-order chi connectivity index (χ0) is 16.3. The van der Waals surface area contributed by atoms with E-state index in [1.165, 1.54) is 12.1 Å². The Kier molecular flexibility index (Phi) is 4.81. The van der Waals surface area contributed by atoms with Crippen molar-refractivity contribution in [2.75, 3.05) is 0 Å². The lowest BCUT2D eigenvalue weighted by molar-refractivity contribution is 0.399. The zero-order valence-corrected chi connectivity index (χ0v) is 12.8. The molecule has 0 aliphatic heterocycles. The van der Waals surface area contributed by atoms with Gasteiger partial charge in [-0.3, -0.25) is 0 Å². The second-order valence-electron chi connectivity index (χ2n) is 5.53. The monoisotopic (exact) mass is 302 g/mol. The fraction of sp³-hybridized carbons (Fsp3) is 0.333. The molecule has 4 heteroatoms. The van der Waals surface area contributed by atoms with Crippen molar-refractivity contribution < 1.29 is 20.4 Å². The van der Waals surface area contributed by atoms with Gasteiger partial charge < -0.3 is 20.4 Å². The lowest BCUT2D eigenvalue weighted by atomic mass is 9.78. The summed E-state index contributed by atoms with van der Waals surface area (Å²) in [5.74, 6) is -0.234. The van der Waals surface area contributed by atoms with Crippen molar-refractivity contribution in [1.29, 1.82) is 0 Å².